The maximum absolute atomic E-state index is 10.9. The molecule has 1 aliphatic rings. The van der Waals surface area contributed by atoms with Crippen molar-refractivity contribution < 1.29 is 14.3 Å². The van der Waals surface area contributed by atoms with Gasteiger partial charge in [0.2, 0.25) is 5.91 Å². The second-order valence-corrected chi connectivity index (χ2v) is 3.50. The zero-order chi connectivity index (χ0) is 10.7. The summed E-state index contributed by atoms with van der Waals surface area (Å²) in [6, 6.07) is 6.89. The fourth-order valence-corrected chi connectivity index (χ4v) is 1.52. The van der Waals surface area contributed by atoms with Crippen LogP contribution >= 0.6 is 0 Å². The molecule has 1 atom stereocenters. The van der Waals surface area contributed by atoms with E-state index in [9.17, 15) is 4.79 Å². The van der Waals surface area contributed by atoms with Gasteiger partial charge in [0.25, 0.3) is 0 Å². The molecule has 4 heteroatoms. The number of rotatable bonds is 3. The summed E-state index contributed by atoms with van der Waals surface area (Å²) in [4.78, 5) is 10.9. The number of ether oxygens (including phenoxy) is 2. The summed E-state index contributed by atoms with van der Waals surface area (Å²) >= 11 is 0. The van der Waals surface area contributed by atoms with Gasteiger partial charge in [-0.15, -0.1) is 0 Å². The number of carbonyl (C=O) groups is 1. The highest BCUT2D eigenvalue weighted by molar-refractivity contribution is 5.93. The van der Waals surface area contributed by atoms with Crippen molar-refractivity contribution in [2.24, 2.45) is 5.73 Å². The highest BCUT2D eigenvalue weighted by Gasteiger charge is 2.17. The van der Waals surface area contributed by atoms with Crippen LogP contribution in [0.15, 0.2) is 24.3 Å². The van der Waals surface area contributed by atoms with Crippen LogP contribution in [0.2, 0.25) is 0 Å². The first-order valence-corrected chi connectivity index (χ1v) is 4.90. The molecular formula is C11H13NO3. The summed E-state index contributed by atoms with van der Waals surface area (Å²) in [5.41, 5.74) is 5.64. The van der Waals surface area contributed by atoms with Gasteiger partial charge in [0.1, 0.15) is 11.9 Å². The van der Waals surface area contributed by atoms with E-state index in [0.717, 1.165) is 13.0 Å². The van der Waals surface area contributed by atoms with Crippen LogP contribution in [0.5, 0.6) is 5.75 Å². The Morgan fingerprint density at radius 2 is 2.40 bits per heavy atom. The number of hydrogen-bond donors (Lipinski definition) is 1. The molecule has 4 nitrogen and oxygen atoms in total. The van der Waals surface area contributed by atoms with Crippen molar-refractivity contribution in [1.82, 2.24) is 0 Å². The lowest BCUT2D eigenvalue weighted by Crippen LogP contribution is -2.16. The highest BCUT2D eigenvalue weighted by Crippen LogP contribution is 2.18. The largest absolute Gasteiger partial charge is 0.488 e. The van der Waals surface area contributed by atoms with Crippen molar-refractivity contribution in [2.45, 2.75) is 12.5 Å². The minimum atomic E-state index is -0.442. The number of hydrogen-bond acceptors (Lipinski definition) is 3. The summed E-state index contributed by atoms with van der Waals surface area (Å²) in [5.74, 6) is 0.227. The number of benzene rings is 1. The van der Waals surface area contributed by atoms with E-state index in [-0.39, 0.29) is 6.10 Å². The Kier molecular flexibility index (Phi) is 2.87. The van der Waals surface area contributed by atoms with Gasteiger partial charge in [0, 0.05) is 12.0 Å². The lowest BCUT2D eigenvalue weighted by molar-refractivity contribution is 0.0999. The molecule has 0 spiro atoms. The van der Waals surface area contributed by atoms with E-state index in [4.69, 9.17) is 15.2 Å². The van der Waals surface area contributed by atoms with Gasteiger partial charge >= 0.3 is 0 Å². The summed E-state index contributed by atoms with van der Waals surface area (Å²) in [7, 11) is 0. The van der Waals surface area contributed by atoms with Crippen molar-refractivity contribution in [3.63, 3.8) is 0 Å². The molecule has 1 amide bonds. The minimum Gasteiger partial charge on any atom is -0.488 e. The summed E-state index contributed by atoms with van der Waals surface area (Å²) < 4.78 is 10.8. The Hall–Kier alpha value is -1.55. The smallest absolute Gasteiger partial charge is 0.248 e. The first kappa shape index (κ1) is 9.98. The number of primary amides is 1. The minimum absolute atomic E-state index is 0.0909. The summed E-state index contributed by atoms with van der Waals surface area (Å²) in [5, 5.41) is 0. The molecule has 1 fully saturated rings. The Morgan fingerprint density at radius 3 is 3.07 bits per heavy atom. The zero-order valence-electron chi connectivity index (χ0n) is 8.31. The molecule has 1 aromatic rings. The van der Waals surface area contributed by atoms with E-state index < -0.39 is 5.91 Å². The quantitative estimate of drug-likeness (QED) is 0.802. The van der Waals surface area contributed by atoms with Crippen LogP contribution in [0, 0.1) is 0 Å². The molecule has 80 valence electrons. The van der Waals surface area contributed by atoms with E-state index >= 15 is 0 Å². The van der Waals surface area contributed by atoms with Crippen LogP contribution in [0.4, 0.5) is 0 Å². The number of amides is 1. The summed E-state index contributed by atoms with van der Waals surface area (Å²) in [6.07, 6.45) is 0.981. The highest BCUT2D eigenvalue weighted by atomic mass is 16.5. The van der Waals surface area contributed by atoms with Crippen LogP contribution in [0.25, 0.3) is 0 Å². The zero-order valence-corrected chi connectivity index (χ0v) is 8.31. The van der Waals surface area contributed by atoms with E-state index in [1.165, 1.54) is 0 Å². The van der Waals surface area contributed by atoms with Gasteiger partial charge in [-0.2, -0.15) is 0 Å². The SMILES string of the molecule is NC(=O)c1cccc(O[C@H]2CCOC2)c1. The second-order valence-electron chi connectivity index (χ2n) is 3.50. The Bertz CT molecular complexity index is 359. The second kappa shape index (κ2) is 4.31. The van der Waals surface area contributed by atoms with Gasteiger partial charge in [-0.05, 0) is 18.2 Å². The summed E-state index contributed by atoms with van der Waals surface area (Å²) in [6.45, 7) is 1.35. The predicted molar refractivity (Wildman–Crippen MR) is 54.8 cm³/mol. The Balaban J connectivity index is 2.07. The average Bonchev–Trinajstić information content (AvgIpc) is 2.71. The van der Waals surface area contributed by atoms with Crippen molar-refractivity contribution >= 4 is 5.91 Å². The van der Waals surface area contributed by atoms with Gasteiger partial charge in [-0.3, -0.25) is 4.79 Å². The van der Waals surface area contributed by atoms with Crippen molar-refractivity contribution in [2.75, 3.05) is 13.2 Å². The molecule has 2 rings (SSSR count). The fraction of sp³-hybridized carbons (Fsp3) is 0.364. The molecule has 0 aliphatic carbocycles. The van der Waals surface area contributed by atoms with Gasteiger partial charge in [-0.1, -0.05) is 6.07 Å². The Morgan fingerprint density at radius 1 is 1.53 bits per heavy atom. The molecule has 0 bridgehead atoms. The van der Waals surface area contributed by atoms with Crippen LogP contribution < -0.4 is 10.5 Å². The lowest BCUT2D eigenvalue weighted by atomic mass is 10.2. The molecule has 0 radical (unpaired) electrons. The van der Waals surface area contributed by atoms with Crippen molar-refractivity contribution in [3.8, 4) is 5.75 Å². The molecule has 0 saturated carbocycles. The molecule has 1 aliphatic heterocycles. The molecule has 2 N–H and O–H groups in total. The third-order valence-electron chi connectivity index (χ3n) is 2.31. The average molecular weight is 207 g/mol. The maximum Gasteiger partial charge on any atom is 0.248 e. The first-order chi connectivity index (χ1) is 7.25. The predicted octanol–water partition coefficient (Wildman–Crippen LogP) is 0.953. The molecule has 0 aromatic heterocycles. The molecular weight excluding hydrogens is 194 g/mol. The van der Waals surface area contributed by atoms with Crippen LogP contribution in [0.1, 0.15) is 16.8 Å². The van der Waals surface area contributed by atoms with E-state index in [1.807, 2.05) is 6.07 Å². The first-order valence-electron chi connectivity index (χ1n) is 4.90. The van der Waals surface area contributed by atoms with Crippen molar-refractivity contribution in [1.29, 1.82) is 0 Å². The third-order valence-corrected chi connectivity index (χ3v) is 2.31. The lowest BCUT2D eigenvalue weighted by Gasteiger charge is -2.11. The van der Waals surface area contributed by atoms with E-state index in [1.54, 1.807) is 18.2 Å². The maximum atomic E-state index is 10.9. The van der Waals surface area contributed by atoms with E-state index in [0.29, 0.717) is 17.9 Å². The van der Waals surface area contributed by atoms with Crippen LogP contribution in [-0.4, -0.2) is 25.2 Å². The standard InChI is InChI=1S/C11H13NO3/c12-11(13)8-2-1-3-9(6-8)15-10-4-5-14-7-10/h1-3,6,10H,4-5,7H2,(H2,12,13)/t10-/m0/s1. The topological polar surface area (TPSA) is 61.6 Å². The van der Waals surface area contributed by atoms with Crippen LogP contribution in [-0.2, 0) is 4.74 Å². The fourth-order valence-electron chi connectivity index (χ4n) is 1.52. The third kappa shape index (κ3) is 2.47. The molecule has 1 aromatic carbocycles. The van der Waals surface area contributed by atoms with Gasteiger partial charge in [0.15, 0.2) is 0 Å². The molecule has 1 saturated heterocycles. The normalized spacial score (nSPS) is 20.1. The molecule has 0 unspecified atom stereocenters. The van der Waals surface area contributed by atoms with Gasteiger partial charge < -0.3 is 15.2 Å². The van der Waals surface area contributed by atoms with Crippen LogP contribution in [0.3, 0.4) is 0 Å². The molecule has 15 heavy (non-hydrogen) atoms. The monoisotopic (exact) mass is 207 g/mol. The van der Waals surface area contributed by atoms with Gasteiger partial charge in [0.05, 0.1) is 13.2 Å². The van der Waals surface area contributed by atoms with Crippen molar-refractivity contribution in [3.05, 3.63) is 29.8 Å². The van der Waals surface area contributed by atoms with Gasteiger partial charge in [-0.25, -0.2) is 0 Å². The number of carbonyl (C=O) groups excluding carboxylic acids is 1. The molecule has 1 heterocycles. The number of nitrogens with two attached hydrogens (primary N) is 1. The Labute approximate surface area is 88.0 Å². The van der Waals surface area contributed by atoms with E-state index in [2.05, 4.69) is 0 Å².